The van der Waals surface area contributed by atoms with Crippen LogP contribution < -0.4 is 0 Å². The zero-order valence-corrected chi connectivity index (χ0v) is 9.68. The van der Waals surface area contributed by atoms with Crippen molar-refractivity contribution in [1.82, 2.24) is 4.98 Å². The van der Waals surface area contributed by atoms with Gasteiger partial charge in [-0.2, -0.15) is 0 Å². The average Bonchev–Trinajstić information content (AvgIpc) is 2.37. The maximum atomic E-state index is 9.30. The van der Waals surface area contributed by atoms with Crippen molar-refractivity contribution in [3.05, 3.63) is 28.1 Å². The molecule has 6 heteroatoms. The minimum atomic E-state index is -0.348. The third kappa shape index (κ3) is 2.80. The summed E-state index contributed by atoms with van der Waals surface area (Å²) in [7, 11) is 1.49. The summed E-state index contributed by atoms with van der Waals surface area (Å²) in [6.07, 6.45) is 0. The van der Waals surface area contributed by atoms with E-state index in [-0.39, 0.29) is 33.0 Å². The summed E-state index contributed by atoms with van der Waals surface area (Å²) in [4.78, 5) is 4.13. The number of hydrogen-bond acceptors (Lipinski definition) is 6. The molecule has 0 radical (unpaired) electrons. The first-order chi connectivity index (χ1) is 8.23. The highest BCUT2D eigenvalue weighted by Gasteiger charge is 2.17. The van der Waals surface area contributed by atoms with Gasteiger partial charge in [-0.25, -0.2) is 0 Å². The van der Waals surface area contributed by atoms with Crippen LogP contribution in [0, 0.1) is 0 Å². The van der Waals surface area contributed by atoms with Crippen LogP contribution in [0.1, 0.15) is 28.1 Å². The maximum Gasteiger partial charge on any atom is 0.0888 e. The molecular weight excluding hydrogens is 226 g/mol. The van der Waals surface area contributed by atoms with E-state index < -0.39 is 0 Å². The normalized spacial score (nSPS) is 10.9. The summed E-state index contributed by atoms with van der Waals surface area (Å²) in [5, 5.41) is 37.0. The predicted octanol–water partition coefficient (Wildman–Crippen LogP) is -0.803. The Morgan fingerprint density at radius 1 is 0.824 bits per heavy atom. The van der Waals surface area contributed by atoms with Crippen LogP contribution in [0.4, 0.5) is 0 Å². The van der Waals surface area contributed by atoms with E-state index in [2.05, 4.69) is 4.98 Å². The maximum absolute atomic E-state index is 9.30. The van der Waals surface area contributed by atoms with E-state index in [1.165, 1.54) is 7.11 Å². The number of rotatable bonds is 6. The Bertz CT molecular complexity index is 381. The van der Waals surface area contributed by atoms with Crippen molar-refractivity contribution in [2.75, 3.05) is 7.11 Å². The molecule has 0 saturated carbocycles. The summed E-state index contributed by atoms with van der Waals surface area (Å²) in [5.41, 5.74) is 1.96. The summed E-state index contributed by atoms with van der Waals surface area (Å²) < 4.78 is 4.94. The van der Waals surface area contributed by atoms with Crippen LogP contribution in [0.5, 0.6) is 0 Å². The molecule has 0 amide bonds. The molecule has 0 aliphatic heterocycles. The SMILES string of the molecule is COCc1nc(CO)c(CO)c(CO)c1CO. The van der Waals surface area contributed by atoms with Gasteiger partial charge in [0.15, 0.2) is 0 Å². The number of methoxy groups -OCH3 is 1. The van der Waals surface area contributed by atoms with Crippen LogP contribution in [0.25, 0.3) is 0 Å². The molecule has 6 nitrogen and oxygen atoms in total. The monoisotopic (exact) mass is 243 g/mol. The molecule has 1 aromatic rings. The van der Waals surface area contributed by atoms with Gasteiger partial charge in [-0.05, 0) is 5.56 Å². The average molecular weight is 243 g/mol. The van der Waals surface area contributed by atoms with E-state index in [4.69, 9.17) is 9.84 Å². The Hall–Kier alpha value is -1.05. The van der Waals surface area contributed by atoms with E-state index in [0.717, 1.165) is 0 Å². The van der Waals surface area contributed by atoms with E-state index in [1.54, 1.807) is 0 Å². The molecule has 0 saturated heterocycles. The predicted molar refractivity (Wildman–Crippen MR) is 58.6 cm³/mol. The van der Waals surface area contributed by atoms with Crippen LogP contribution in [0.2, 0.25) is 0 Å². The van der Waals surface area contributed by atoms with Crippen LogP contribution in [0.3, 0.4) is 0 Å². The van der Waals surface area contributed by atoms with E-state index in [1.807, 2.05) is 0 Å². The zero-order chi connectivity index (χ0) is 12.8. The van der Waals surface area contributed by atoms with E-state index in [9.17, 15) is 15.3 Å². The van der Waals surface area contributed by atoms with Gasteiger partial charge in [0, 0.05) is 18.2 Å². The lowest BCUT2D eigenvalue weighted by Gasteiger charge is -2.17. The number of nitrogens with zero attached hydrogens (tertiary/aromatic N) is 1. The number of aliphatic hydroxyl groups excluding tert-OH is 4. The van der Waals surface area contributed by atoms with Crippen molar-refractivity contribution < 1.29 is 25.2 Å². The molecule has 0 bridgehead atoms. The van der Waals surface area contributed by atoms with Gasteiger partial charge < -0.3 is 25.2 Å². The Kier molecular flexibility index (Phi) is 5.46. The van der Waals surface area contributed by atoms with Crippen LogP contribution >= 0.6 is 0 Å². The molecule has 17 heavy (non-hydrogen) atoms. The number of pyridine rings is 1. The van der Waals surface area contributed by atoms with Crippen LogP contribution in [-0.2, 0) is 37.8 Å². The molecule has 1 rings (SSSR count). The van der Waals surface area contributed by atoms with Gasteiger partial charge in [-0.15, -0.1) is 0 Å². The lowest BCUT2D eigenvalue weighted by atomic mass is 9.99. The standard InChI is InChI=1S/C11H17NO5/c1-17-6-11-9(4-15)7(2-13)8(3-14)10(5-16)12-11/h13-16H,2-6H2,1H3. The second-order valence-electron chi connectivity index (χ2n) is 3.51. The number of aromatic nitrogens is 1. The fourth-order valence-electron chi connectivity index (χ4n) is 1.78. The molecule has 0 atom stereocenters. The third-order valence-corrected chi connectivity index (χ3v) is 2.60. The number of hydrogen-bond donors (Lipinski definition) is 4. The van der Waals surface area contributed by atoms with Crippen molar-refractivity contribution in [2.45, 2.75) is 33.0 Å². The smallest absolute Gasteiger partial charge is 0.0888 e. The lowest BCUT2D eigenvalue weighted by molar-refractivity contribution is 0.174. The quantitative estimate of drug-likeness (QED) is 0.521. The molecule has 0 spiro atoms. The molecule has 0 aromatic carbocycles. The fourth-order valence-corrected chi connectivity index (χ4v) is 1.78. The number of ether oxygens (including phenoxy) is 1. The van der Waals surface area contributed by atoms with Gasteiger partial charge in [-0.1, -0.05) is 0 Å². The third-order valence-electron chi connectivity index (χ3n) is 2.60. The second kappa shape index (κ2) is 6.63. The first kappa shape index (κ1) is 14.0. The molecule has 96 valence electrons. The highest BCUT2D eigenvalue weighted by atomic mass is 16.5. The Balaban J connectivity index is 3.42. The fraction of sp³-hybridized carbons (Fsp3) is 0.545. The lowest BCUT2D eigenvalue weighted by Crippen LogP contribution is -2.13. The van der Waals surface area contributed by atoms with Crippen molar-refractivity contribution in [3.63, 3.8) is 0 Å². The molecule has 0 aliphatic rings. The Morgan fingerprint density at radius 3 is 1.76 bits per heavy atom. The molecule has 1 heterocycles. The first-order valence-corrected chi connectivity index (χ1v) is 5.18. The first-order valence-electron chi connectivity index (χ1n) is 5.18. The molecule has 0 unspecified atom stereocenters. The summed E-state index contributed by atoms with van der Waals surface area (Å²) in [5.74, 6) is 0. The second-order valence-corrected chi connectivity index (χ2v) is 3.51. The zero-order valence-electron chi connectivity index (χ0n) is 9.68. The van der Waals surface area contributed by atoms with Crippen LogP contribution in [0.15, 0.2) is 0 Å². The molecular formula is C11H17NO5. The summed E-state index contributed by atoms with van der Waals surface area (Å²) in [6, 6.07) is 0. The van der Waals surface area contributed by atoms with Gasteiger partial charge in [0.2, 0.25) is 0 Å². The Morgan fingerprint density at radius 2 is 1.35 bits per heavy atom. The van der Waals surface area contributed by atoms with Gasteiger partial charge in [0.25, 0.3) is 0 Å². The Labute approximate surface area is 99.1 Å². The van der Waals surface area contributed by atoms with Gasteiger partial charge in [0.05, 0.1) is 44.4 Å². The molecule has 0 aliphatic carbocycles. The minimum absolute atomic E-state index is 0.168. The number of aliphatic hydroxyl groups is 4. The summed E-state index contributed by atoms with van der Waals surface area (Å²) >= 11 is 0. The van der Waals surface area contributed by atoms with E-state index >= 15 is 0 Å². The minimum Gasteiger partial charge on any atom is -0.392 e. The highest BCUT2D eigenvalue weighted by Crippen LogP contribution is 2.22. The van der Waals surface area contributed by atoms with Gasteiger partial charge in [-0.3, -0.25) is 4.98 Å². The molecule has 0 fully saturated rings. The largest absolute Gasteiger partial charge is 0.392 e. The molecule has 4 N–H and O–H groups in total. The summed E-state index contributed by atoms with van der Waals surface area (Å²) in [6.45, 7) is -1.16. The van der Waals surface area contributed by atoms with Gasteiger partial charge in [0.1, 0.15) is 0 Å². The highest BCUT2D eigenvalue weighted by molar-refractivity contribution is 5.39. The van der Waals surface area contributed by atoms with Crippen molar-refractivity contribution in [3.8, 4) is 0 Å². The topological polar surface area (TPSA) is 103 Å². The van der Waals surface area contributed by atoms with Crippen molar-refractivity contribution in [2.24, 2.45) is 0 Å². The molecule has 1 aromatic heterocycles. The van der Waals surface area contributed by atoms with E-state index in [0.29, 0.717) is 28.1 Å². The van der Waals surface area contributed by atoms with Crippen molar-refractivity contribution >= 4 is 0 Å². The van der Waals surface area contributed by atoms with Crippen molar-refractivity contribution in [1.29, 1.82) is 0 Å². The van der Waals surface area contributed by atoms with Gasteiger partial charge >= 0.3 is 0 Å². The van der Waals surface area contributed by atoms with Crippen LogP contribution in [-0.4, -0.2) is 32.5 Å².